The Morgan fingerprint density at radius 3 is 2.67 bits per heavy atom. The SMILES string of the molecule is COc1ccc(-c2ccnc3cc(C(=O)Nc4ccccc4)nn23)cc1O. The van der Waals surface area contributed by atoms with Crippen molar-refractivity contribution >= 4 is 17.2 Å². The molecule has 0 saturated heterocycles. The van der Waals surface area contributed by atoms with Crippen molar-refractivity contribution in [3.63, 3.8) is 0 Å². The summed E-state index contributed by atoms with van der Waals surface area (Å²) in [7, 11) is 1.49. The molecule has 0 unspecified atom stereocenters. The van der Waals surface area contributed by atoms with E-state index in [0.29, 0.717) is 22.8 Å². The highest BCUT2D eigenvalue weighted by Crippen LogP contribution is 2.31. The van der Waals surface area contributed by atoms with Crippen molar-refractivity contribution in [3.8, 4) is 22.8 Å². The maximum absolute atomic E-state index is 12.5. The van der Waals surface area contributed by atoms with Gasteiger partial charge in [-0.15, -0.1) is 0 Å². The molecule has 134 valence electrons. The third kappa shape index (κ3) is 3.18. The molecular formula is C20H16N4O3. The van der Waals surface area contributed by atoms with Gasteiger partial charge in [-0.3, -0.25) is 4.79 Å². The minimum Gasteiger partial charge on any atom is -0.504 e. The van der Waals surface area contributed by atoms with Gasteiger partial charge in [-0.1, -0.05) is 18.2 Å². The average Bonchev–Trinajstić information content (AvgIpc) is 3.13. The number of aromatic hydroxyl groups is 1. The quantitative estimate of drug-likeness (QED) is 0.582. The number of methoxy groups -OCH3 is 1. The first-order valence-electron chi connectivity index (χ1n) is 8.24. The highest BCUT2D eigenvalue weighted by atomic mass is 16.5. The summed E-state index contributed by atoms with van der Waals surface area (Å²) in [5.41, 5.74) is 2.88. The van der Waals surface area contributed by atoms with Gasteiger partial charge in [-0.25, -0.2) is 9.50 Å². The first kappa shape index (κ1) is 16.6. The van der Waals surface area contributed by atoms with Gasteiger partial charge in [0.15, 0.2) is 22.8 Å². The molecule has 0 fully saturated rings. The van der Waals surface area contributed by atoms with Crippen LogP contribution in [0.4, 0.5) is 5.69 Å². The molecule has 7 nitrogen and oxygen atoms in total. The minimum atomic E-state index is -0.324. The summed E-state index contributed by atoms with van der Waals surface area (Å²) in [6.07, 6.45) is 1.63. The Balaban J connectivity index is 1.72. The maximum Gasteiger partial charge on any atom is 0.276 e. The molecule has 4 aromatic rings. The molecule has 0 spiro atoms. The lowest BCUT2D eigenvalue weighted by Gasteiger charge is -2.07. The number of hydrogen-bond donors (Lipinski definition) is 2. The topological polar surface area (TPSA) is 88.8 Å². The Morgan fingerprint density at radius 1 is 1.11 bits per heavy atom. The van der Waals surface area contributed by atoms with Crippen molar-refractivity contribution in [3.05, 3.63) is 72.6 Å². The summed E-state index contributed by atoms with van der Waals surface area (Å²) in [4.78, 5) is 16.8. The van der Waals surface area contributed by atoms with Crippen LogP contribution in [0.15, 0.2) is 66.9 Å². The lowest BCUT2D eigenvalue weighted by molar-refractivity contribution is 0.102. The Bertz CT molecular complexity index is 1120. The third-order valence-corrected chi connectivity index (χ3v) is 4.10. The summed E-state index contributed by atoms with van der Waals surface area (Å²) in [5, 5.41) is 17.2. The van der Waals surface area contributed by atoms with Crippen LogP contribution in [0, 0.1) is 0 Å². The predicted molar refractivity (Wildman–Crippen MR) is 101 cm³/mol. The van der Waals surface area contributed by atoms with E-state index in [1.807, 2.05) is 18.2 Å². The van der Waals surface area contributed by atoms with Crippen molar-refractivity contribution < 1.29 is 14.6 Å². The van der Waals surface area contributed by atoms with Crippen LogP contribution in [0.25, 0.3) is 16.9 Å². The first-order chi connectivity index (χ1) is 13.2. The lowest BCUT2D eigenvalue weighted by atomic mass is 10.1. The van der Waals surface area contributed by atoms with Gasteiger partial charge in [-0.2, -0.15) is 5.10 Å². The van der Waals surface area contributed by atoms with E-state index in [9.17, 15) is 9.90 Å². The molecule has 0 saturated carbocycles. The summed E-state index contributed by atoms with van der Waals surface area (Å²) in [6, 6.07) is 17.6. The summed E-state index contributed by atoms with van der Waals surface area (Å²) in [5.74, 6) is 0.0804. The van der Waals surface area contributed by atoms with Crippen molar-refractivity contribution in [1.29, 1.82) is 0 Å². The number of carbonyl (C=O) groups is 1. The fraction of sp³-hybridized carbons (Fsp3) is 0.0500. The number of benzene rings is 2. The number of amides is 1. The van der Waals surface area contributed by atoms with Crippen LogP contribution in [0.2, 0.25) is 0 Å². The highest BCUT2D eigenvalue weighted by molar-refractivity contribution is 6.03. The molecule has 2 heterocycles. The third-order valence-electron chi connectivity index (χ3n) is 4.10. The lowest BCUT2D eigenvalue weighted by Crippen LogP contribution is -2.12. The van der Waals surface area contributed by atoms with Crippen molar-refractivity contribution in [1.82, 2.24) is 14.6 Å². The monoisotopic (exact) mass is 360 g/mol. The van der Waals surface area contributed by atoms with Gasteiger partial charge in [0.1, 0.15) is 0 Å². The van der Waals surface area contributed by atoms with Gasteiger partial charge in [0, 0.05) is 23.5 Å². The van der Waals surface area contributed by atoms with Gasteiger partial charge in [0.2, 0.25) is 0 Å². The van der Waals surface area contributed by atoms with E-state index in [2.05, 4.69) is 15.4 Å². The second kappa shape index (κ2) is 6.80. The molecule has 2 aromatic heterocycles. The number of nitrogens with one attached hydrogen (secondary N) is 1. The van der Waals surface area contributed by atoms with Gasteiger partial charge in [0.25, 0.3) is 5.91 Å². The van der Waals surface area contributed by atoms with Crippen molar-refractivity contribution in [2.24, 2.45) is 0 Å². The molecule has 0 aliphatic rings. The van der Waals surface area contributed by atoms with E-state index in [1.165, 1.54) is 7.11 Å². The molecular weight excluding hydrogens is 344 g/mol. The number of hydrogen-bond acceptors (Lipinski definition) is 5. The molecule has 0 radical (unpaired) electrons. The molecule has 2 aromatic carbocycles. The van der Waals surface area contributed by atoms with Crippen LogP contribution in [-0.4, -0.2) is 32.7 Å². The largest absolute Gasteiger partial charge is 0.504 e. The normalized spacial score (nSPS) is 10.7. The fourth-order valence-electron chi connectivity index (χ4n) is 2.79. The molecule has 1 amide bonds. The molecule has 0 aliphatic carbocycles. The maximum atomic E-state index is 12.5. The zero-order valence-electron chi connectivity index (χ0n) is 14.5. The zero-order chi connectivity index (χ0) is 18.8. The standard InChI is InChI=1S/C20H16N4O3/c1-27-18-8-7-13(11-17(18)25)16-9-10-21-19-12-15(23-24(16)19)20(26)22-14-5-3-2-4-6-14/h2-12,25H,1H3,(H,22,26). The Morgan fingerprint density at radius 2 is 1.93 bits per heavy atom. The van der Waals surface area contributed by atoms with E-state index in [-0.39, 0.29) is 17.4 Å². The number of phenolic OH excluding ortho intramolecular Hbond substituents is 1. The van der Waals surface area contributed by atoms with Crippen molar-refractivity contribution in [2.75, 3.05) is 12.4 Å². The molecule has 7 heteroatoms. The molecule has 27 heavy (non-hydrogen) atoms. The van der Waals surface area contributed by atoms with E-state index < -0.39 is 0 Å². The van der Waals surface area contributed by atoms with Gasteiger partial charge in [0.05, 0.1) is 12.8 Å². The van der Waals surface area contributed by atoms with Crippen LogP contribution in [-0.2, 0) is 0 Å². The average molecular weight is 360 g/mol. The molecule has 0 atom stereocenters. The Labute approximate surface area is 154 Å². The number of ether oxygens (including phenoxy) is 1. The highest BCUT2D eigenvalue weighted by Gasteiger charge is 2.15. The molecule has 0 bridgehead atoms. The minimum absolute atomic E-state index is 0.0224. The number of phenols is 1. The van der Waals surface area contributed by atoms with Gasteiger partial charge < -0.3 is 15.2 Å². The van der Waals surface area contributed by atoms with E-state index in [0.717, 1.165) is 5.56 Å². The van der Waals surface area contributed by atoms with E-state index >= 15 is 0 Å². The van der Waals surface area contributed by atoms with Crippen molar-refractivity contribution in [2.45, 2.75) is 0 Å². The second-order valence-corrected chi connectivity index (χ2v) is 5.84. The van der Waals surface area contributed by atoms with Gasteiger partial charge in [-0.05, 0) is 36.4 Å². The number of anilines is 1. The van der Waals surface area contributed by atoms with E-state index in [4.69, 9.17) is 4.74 Å². The Kier molecular flexibility index (Phi) is 4.18. The number of para-hydroxylation sites is 1. The molecule has 0 aliphatic heterocycles. The fourth-order valence-corrected chi connectivity index (χ4v) is 2.79. The van der Waals surface area contributed by atoms with Crippen LogP contribution >= 0.6 is 0 Å². The molecule has 2 N–H and O–H groups in total. The number of nitrogens with zero attached hydrogens (tertiary/aromatic N) is 3. The molecule has 4 rings (SSSR count). The predicted octanol–water partition coefficient (Wildman–Crippen LogP) is 3.36. The van der Waals surface area contributed by atoms with Crippen LogP contribution in [0.3, 0.4) is 0 Å². The van der Waals surface area contributed by atoms with Crippen LogP contribution < -0.4 is 10.1 Å². The first-order valence-corrected chi connectivity index (χ1v) is 8.24. The number of aromatic nitrogens is 3. The number of fused-ring (bicyclic) bond motifs is 1. The number of carbonyl (C=O) groups excluding carboxylic acids is 1. The zero-order valence-corrected chi connectivity index (χ0v) is 14.5. The van der Waals surface area contributed by atoms with E-state index in [1.54, 1.807) is 53.2 Å². The second-order valence-electron chi connectivity index (χ2n) is 5.84. The summed E-state index contributed by atoms with van der Waals surface area (Å²) >= 11 is 0. The Hall–Kier alpha value is -3.87. The summed E-state index contributed by atoms with van der Waals surface area (Å²) < 4.78 is 6.65. The van der Waals surface area contributed by atoms with Crippen LogP contribution in [0.5, 0.6) is 11.5 Å². The number of rotatable bonds is 4. The van der Waals surface area contributed by atoms with Crippen LogP contribution in [0.1, 0.15) is 10.5 Å². The smallest absolute Gasteiger partial charge is 0.276 e. The van der Waals surface area contributed by atoms with Gasteiger partial charge >= 0.3 is 0 Å². The summed E-state index contributed by atoms with van der Waals surface area (Å²) in [6.45, 7) is 0.